The van der Waals surface area contributed by atoms with E-state index in [1.807, 2.05) is 62.4 Å². The number of nitriles is 2. The molecule has 0 fully saturated rings. The third-order valence-corrected chi connectivity index (χ3v) is 5.39. The Hall–Kier alpha value is -4.92. The maximum atomic E-state index is 9.05. The number of anilines is 4. The summed E-state index contributed by atoms with van der Waals surface area (Å²) in [6.45, 7) is 5.12. The van der Waals surface area contributed by atoms with Crippen LogP contribution in [0.4, 0.5) is 23.1 Å². The van der Waals surface area contributed by atoms with Gasteiger partial charge in [0.1, 0.15) is 11.6 Å². The molecule has 4 rings (SSSR count). The average molecular weight is 476 g/mol. The van der Waals surface area contributed by atoms with E-state index in [1.165, 1.54) is 6.08 Å². The SMILES string of the molecule is Cc1cc(/C=C/C#N)cc(C)c1Nc1cc(CNCc2ccco2)nc(Nc2ccc(C#N)cc2)n1. The van der Waals surface area contributed by atoms with E-state index in [1.54, 1.807) is 24.5 Å². The van der Waals surface area contributed by atoms with Crippen LogP contribution in [0.25, 0.3) is 6.08 Å². The standard InChI is InChI=1S/C28H25N7O/c1-19-13-22(5-3-11-29)14-20(2)27(19)34-26-15-24(17-31-18-25-6-4-12-36-25)33-28(35-26)32-23-9-7-21(16-30)8-10-23/h3-10,12-15,31H,17-18H2,1-2H3,(H2,32,33,34,35)/b5-3+. The second-order valence-electron chi connectivity index (χ2n) is 8.18. The quantitative estimate of drug-likeness (QED) is 0.257. The van der Waals surface area contributed by atoms with Crippen molar-refractivity contribution in [2.75, 3.05) is 10.6 Å². The zero-order valence-electron chi connectivity index (χ0n) is 20.0. The van der Waals surface area contributed by atoms with Crippen molar-refractivity contribution in [1.29, 1.82) is 10.5 Å². The zero-order valence-corrected chi connectivity index (χ0v) is 20.0. The number of aromatic nitrogens is 2. The van der Waals surface area contributed by atoms with E-state index in [9.17, 15) is 0 Å². The topological polar surface area (TPSA) is 123 Å². The van der Waals surface area contributed by atoms with E-state index in [2.05, 4.69) is 32.0 Å². The third kappa shape index (κ3) is 6.35. The first-order valence-electron chi connectivity index (χ1n) is 11.4. The summed E-state index contributed by atoms with van der Waals surface area (Å²) in [5.74, 6) is 1.92. The molecular formula is C28H25N7O. The maximum Gasteiger partial charge on any atom is 0.229 e. The van der Waals surface area contributed by atoms with Gasteiger partial charge in [0.05, 0.1) is 36.2 Å². The molecule has 8 heteroatoms. The molecule has 0 aliphatic carbocycles. The van der Waals surface area contributed by atoms with Crippen LogP contribution in [0, 0.1) is 36.5 Å². The zero-order chi connectivity index (χ0) is 25.3. The minimum absolute atomic E-state index is 0.434. The Morgan fingerprint density at radius 2 is 1.72 bits per heavy atom. The molecule has 3 N–H and O–H groups in total. The largest absolute Gasteiger partial charge is 0.468 e. The molecule has 178 valence electrons. The molecule has 0 amide bonds. The summed E-state index contributed by atoms with van der Waals surface area (Å²) in [7, 11) is 0. The van der Waals surface area contributed by atoms with Crippen LogP contribution in [-0.4, -0.2) is 9.97 Å². The van der Waals surface area contributed by atoms with E-state index < -0.39 is 0 Å². The third-order valence-electron chi connectivity index (χ3n) is 5.39. The maximum absolute atomic E-state index is 9.05. The predicted octanol–water partition coefficient (Wildman–Crippen LogP) is 5.87. The van der Waals surface area contributed by atoms with Crippen LogP contribution < -0.4 is 16.0 Å². The van der Waals surface area contributed by atoms with Crippen molar-refractivity contribution in [3.8, 4) is 12.1 Å². The van der Waals surface area contributed by atoms with Crippen LogP contribution in [-0.2, 0) is 13.1 Å². The second kappa shape index (κ2) is 11.5. The Morgan fingerprint density at radius 1 is 0.944 bits per heavy atom. The van der Waals surface area contributed by atoms with Crippen molar-refractivity contribution in [3.63, 3.8) is 0 Å². The van der Waals surface area contributed by atoms with E-state index >= 15 is 0 Å². The van der Waals surface area contributed by atoms with E-state index in [0.717, 1.165) is 39.5 Å². The number of benzene rings is 2. The van der Waals surface area contributed by atoms with Gasteiger partial charge in [-0.2, -0.15) is 15.5 Å². The van der Waals surface area contributed by atoms with Crippen molar-refractivity contribution in [2.24, 2.45) is 0 Å². The Labute approximate surface area is 210 Å². The number of rotatable bonds is 9. The van der Waals surface area contributed by atoms with E-state index in [0.29, 0.717) is 30.4 Å². The molecule has 0 saturated carbocycles. The first-order chi connectivity index (χ1) is 17.5. The molecule has 36 heavy (non-hydrogen) atoms. The fourth-order valence-electron chi connectivity index (χ4n) is 3.74. The Morgan fingerprint density at radius 3 is 2.39 bits per heavy atom. The summed E-state index contributed by atoms with van der Waals surface area (Å²) in [6, 6.07) is 21.0. The van der Waals surface area contributed by atoms with Crippen LogP contribution in [0.1, 0.15) is 33.7 Å². The monoisotopic (exact) mass is 475 g/mol. The van der Waals surface area contributed by atoms with Gasteiger partial charge in [-0.3, -0.25) is 0 Å². The highest BCUT2D eigenvalue weighted by molar-refractivity contribution is 5.69. The molecule has 8 nitrogen and oxygen atoms in total. The minimum Gasteiger partial charge on any atom is -0.468 e. The highest BCUT2D eigenvalue weighted by Gasteiger charge is 2.10. The fraction of sp³-hybridized carbons (Fsp3) is 0.143. The lowest BCUT2D eigenvalue weighted by molar-refractivity contribution is 0.482. The van der Waals surface area contributed by atoms with Gasteiger partial charge in [0.15, 0.2) is 0 Å². The van der Waals surface area contributed by atoms with Gasteiger partial charge in [-0.1, -0.05) is 0 Å². The number of aryl methyl sites for hydroxylation is 2. The molecule has 0 unspecified atom stereocenters. The number of hydrogen-bond donors (Lipinski definition) is 3. The summed E-state index contributed by atoms with van der Waals surface area (Å²) < 4.78 is 5.39. The molecule has 4 aromatic rings. The van der Waals surface area contributed by atoms with Crippen molar-refractivity contribution >= 4 is 29.2 Å². The Kier molecular flexibility index (Phi) is 7.72. The molecule has 0 saturated heterocycles. The lowest BCUT2D eigenvalue weighted by Crippen LogP contribution is -2.15. The van der Waals surface area contributed by atoms with Crippen molar-refractivity contribution in [1.82, 2.24) is 15.3 Å². The molecule has 2 aromatic carbocycles. The molecule has 0 atom stereocenters. The molecule has 0 aliphatic heterocycles. The lowest BCUT2D eigenvalue weighted by Gasteiger charge is -2.15. The average Bonchev–Trinajstić information content (AvgIpc) is 3.39. The van der Waals surface area contributed by atoms with Gasteiger partial charge in [0.25, 0.3) is 0 Å². The summed E-state index contributed by atoms with van der Waals surface area (Å²) in [5.41, 5.74) is 6.13. The van der Waals surface area contributed by atoms with Gasteiger partial charge in [0, 0.05) is 30.1 Å². The predicted molar refractivity (Wildman–Crippen MR) is 140 cm³/mol. The number of nitrogens with zero attached hydrogens (tertiary/aromatic N) is 4. The number of furan rings is 1. The molecular weight excluding hydrogens is 450 g/mol. The van der Waals surface area contributed by atoms with Crippen LogP contribution in [0.15, 0.2) is 71.4 Å². The van der Waals surface area contributed by atoms with Crippen molar-refractivity contribution in [2.45, 2.75) is 26.9 Å². The van der Waals surface area contributed by atoms with Crippen LogP contribution in [0.5, 0.6) is 0 Å². The smallest absolute Gasteiger partial charge is 0.229 e. The van der Waals surface area contributed by atoms with Crippen LogP contribution in [0.2, 0.25) is 0 Å². The summed E-state index contributed by atoms with van der Waals surface area (Å²) >= 11 is 0. The lowest BCUT2D eigenvalue weighted by atomic mass is 10.0. The molecule has 0 bridgehead atoms. The van der Waals surface area contributed by atoms with Crippen molar-refractivity contribution < 1.29 is 4.42 Å². The number of allylic oxidation sites excluding steroid dienone is 1. The van der Waals surface area contributed by atoms with Crippen LogP contribution >= 0.6 is 0 Å². The Balaban J connectivity index is 1.60. The summed E-state index contributed by atoms with van der Waals surface area (Å²) in [5, 5.41) is 27.9. The van der Waals surface area contributed by atoms with Gasteiger partial charge in [-0.05, 0) is 85.1 Å². The first-order valence-corrected chi connectivity index (χ1v) is 11.4. The van der Waals surface area contributed by atoms with Gasteiger partial charge in [-0.25, -0.2) is 4.98 Å². The Bertz CT molecular complexity index is 1420. The van der Waals surface area contributed by atoms with Gasteiger partial charge in [0.2, 0.25) is 5.95 Å². The first kappa shape index (κ1) is 24.2. The second-order valence-corrected chi connectivity index (χ2v) is 8.18. The summed E-state index contributed by atoms with van der Waals surface area (Å²) in [4.78, 5) is 9.34. The van der Waals surface area contributed by atoms with Crippen LogP contribution in [0.3, 0.4) is 0 Å². The normalized spacial score (nSPS) is 10.7. The van der Waals surface area contributed by atoms with E-state index in [4.69, 9.17) is 14.9 Å². The molecule has 2 aromatic heterocycles. The van der Waals surface area contributed by atoms with Gasteiger partial charge >= 0.3 is 0 Å². The van der Waals surface area contributed by atoms with Crippen molar-refractivity contribution in [3.05, 3.63) is 101 Å². The highest BCUT2D eigenvalue weighted by Crippen LogP contribution is 2.27. The van der Waals surface area contributed by atoms with Gasteiger partial charge in [-0.15, -0.1) is 0 Å². The fourth-order valence-corrected chi connectivity index (χ4v) is 3.74. The number of nitrogens with one attached hydrogen (secondary N) is 3. The molecule has 0 spiro atoms. The minimum atomic E-state index is 0.434. The van der Waals surface area contributed by atoms with E-state index in [-0.39, 0.29) is 0 Å². The molecule has 0 aliphatic rings. The summed E-state index contributed by atoms with van der Waals surface area (Å²) in [6.07, 6.45) is 4.90. The molecule has 2 heterocycles. The molecule has 0 radical (unpaired) electrons. The number of hydrogen-bond acceptors (Lipinski definition) is 8. The van der Waals surface area contributed by atoms with Gasteiger partial charge < -0.3 is 20.4 Å². The highest BCUT2D eigenvalue weighted by atomic mass is 16.3.